The van der Waals surface area contributed by atoms with Gasteiger partial charge in [-0.2, -0.15) is 0 Å². The van der Waals surface area contributed by atoms with Crippen molar-refractivity contribution >= 4 is 21.7 Å². The number of methoxy groups -OCH3 is 1. The molecule has 0 heterocycles. The van der Waals surface area contributed by atoms with E-state index in [1.165, 1.54) is 37.4 Å². The molecule has 0 atom stereocenters. The molecular weight excluding hydrogens is 394 g/mol. The van der Waals surface area contributed by atoms with Gasteiger partial charge in [-0.3, -0.25) is 4.72 Å². The molecule has 29 heavy (non-hydrogen) atoms. The van der Waals surface area contributed by atoms with Crippen molar-refractivity contribution in [3.63, 3.8) is 0 Å². The number of anilines is 1. The third-order valence-corrected chi connectivity index (χ3v) is 5.48. The molecule has 0 fully saturated rings. The van der Waals surface area contributed by atoms with E-state index in [4.69, 9.17) is 9.47 Å². The Bertz CT molecular complexity index is 1140. The summed E-state index contributed by atoms with van der Waals surface area (Å²) in [5.74, 6) is -0.185. The van der Waals surface area contributed by atoms with Gasteiger partial charge in [-0.05, 0) is 49.4 Å². The van der Waals surface area contributed by atoms with Gasteiger partial charge >= 0.3 is 5.97 Å². The Morgan fingerprint density at radius 2 is 1.62 bits per heavy atom. The van der Waals surface area contributed by atoms with Crippen LogP contribution in [0.15, 0.2) is 71.6 Å². The quantitative estimate of drug-likeness (QED) is 0.599. The van der Waals surface area contributed by atoms with Crippen LogP contribution in [0.3, 0.4) is 0 Å². The molecule has 0 aliphatic rings. The zero-order valence-corrected chi connectivity index (χ0v) is 16.6. The van der Waals surface area contributed by atoms with Gasteiger partial charge < -0.3 is 14.6 Å². The van der Waals surface area contributed by atoms with Crippen molar-refractivity contribution in [3.05, 3.63) is 77.9 Å². The molecule has 150 valence electrons. The van der Waals surface area contributed by atoms with Crippen LogP contribution in [0.4, 0.5) is 5.69 Å². The topological polar surface area (TPSA) is 102 Å². The minimum atomic E-state index is -3.94. The number of benzene rings is 3. The predicted molar refractivity (Wildman–Crippen MR) is 108 cm³/mol. The van der Waals surface area contributed by atoms with Crippen molar-refractivity contribution in [3.8, 4) is 17.2 Å². The van der Waals surface area contributed by atoms with E-state index >= 15 is 0 Å². The second kappa shape index (κ2) is 8.24. The van der Waals surface area contributed by atoms with Crippen LogP contribution in [0.2, 0.25) is 0 Å². The number of rotatable bonds is 7. The molecule has 0 spiro atoms. The molecule has 3 aromatic rings. The summed E-state index contributed by atoms with van der Waals surface area (Å²) in [5.41, 5.74) is 0.603. The van der Waals surface area contributed by atoms with Crippen molar-refractivity contribution in [2.45, 2.75) is 11.8 Å². The van der Waals surface area contributed by atoms with Gasteiger partial charge in [-0.15, -0.1) is 0 Å². The normalized spacial score (nSPS) is 11.0. The lowest BCUT2D eigenvalue weighted by Crippen LogP contribution is -2.15. The summed E-state index contributed by atoms with van der Waals surface area (Å²) >= 11 is 0. The van der Waals surface area contributed by atoms with Gasteiger partial charge in [0.2, 0.25) is 0 Å². The molecule has 0 amide bonds. The maximum atomic E-state index is 12.6. The fourth-order valence-corrected chi connectivity index (χ4v) is 3.68. The predicted octanol–water partition coefficient (Wildman–Crippen LogP) is 4.29. The van der Waals surface area contributed by atoms with Crippen molar-refractivity contribution < 1.29 is 27.8 Å². The van der Waals surface area contributed by atoms with E-state index in [1.54, 1.807) is 36.4 Å². The average molecular weight is 413 g/mol. The van der Waals surface area contributed by atoms with Crippen molar-refractivity contribution in [1.29, 1.82) is 0 Å². The minimum Gasteiger partial charge on any atom is -0.493 e. The van der Waals surface area contributed by atoms with E-state index in [2.05, 4.69) is 4.72 Å². The second-order valence-electron chi connectivity index (χ2n) is 6.18. The van der Waals surface area contributed by atoms with Gasteiger partial charge in [-0.1, -0.05) is 29.8 Å². The van der Waals surface area contributed by atoms with Crippen LogP contribution >= 0.6 is 0 Å². The van der Waals surface area contributed by atoms with E-state index in [0.29, 0.717) is 11.5 Å². The molecule has 3 rings (SSSR count). The third kappa shape index (κ3) is 4.67. The maximum Gasteiger partial charge on any atom is 0.337 e. The number of hydrogen-bond donors (Lipinski definition) is 2. The number of para-hydroxylation sites is 2. The Labute approximate surface area is 168 Å². The Morgan fingerprint density at radius 3 is 2.24 bits per heavy atom. The molecule has 2 N–H and O–H groups in total. The fraction of sp³-hybridized carbons (Fsp3) is 0.0952. The number of aryl methyl sites for hydroxylation is 1. The summed E-state index contributed by atoms with van der Waals surface area (Å²) in [6, 6.07) is 17.2. The highest BCUT2D eigenvalue weighted by atomic mass is 32.2. The van der Waals surface area contributed by atoms with E-state index < -0.39 is 16.0 Å². The van der Waals surface area contributed by atoms with Gasteiger partial charge in [-0.25, -0.2) is 13.2 Å². The first-order valence-corrected chi connectivity index (χ1v) is 10.1. The van der Waals surface area contributed by atoms with Crippen molar-refractivity contribution in [1.82, 2.24) is 0 Å². The van der Waals surface area contributed by atoms with Gasteiger partial charge in [0.1, 0.15) is 5.75 Å². The van der Waals surface area contributed by atoms with Gasteiger partial charge in [0.15, 0.2) is 11.5 Å². The molecule has 3 aromatic carbocycles. The fourth-order valence-electron chi connectivity index (χ4n) is 2.60. The Balaban J connectivity index is 1.92. The molecule has 0 saturated carbocycles. The first kappa shape index (κ1) is 20.2. The SMILES string of the molecule is COc1ccccc1Oc1ccc(NS(=O)(=O)c2ccc(C)cc2)c(C(=O)O)c1. The van der Waals surface area contributed by atoms with Crippen LogP contribution in [-0.4, -0.2) is 26.6 Å². The van der Waals surface area contributed by atoms with Gasteiger partial charge in [0.25, 0.3) is 10.0 Å². The van der Waals surface area contributed by atoms with Gasteiger partial charge in [0, 0.05) is 0 Å². The molecular formula is C21H19NO6S. The van der Waals surface area contributed by atoms with Gasteiger partial charge in [0.05, 0.1) is 23.3 Å². The number of carboxylic acids is 1. The van der Waals surface area contributed by atoms with E-state index in [9.17, 15) is 18.3 Å². The first-order valence-electron chi connectivity index (χ1n) is 8.58. The second-order valence-corrected chi connectivity index (χ2v) is 7.87. The Morgan fingerprint density at radius 1 is 0.966 bits per heavy atom. The molecule has 0 saturated heterocycles. The highest BCUT2D eigenvalue weighted by Crippen LogP contribution is 2.33. The standard InChI is InChI=1S/C21H19NO6S/c1-14-7-10-16(11-8-14)29(25,26)22-18-12-9-15(13-17(18)21(23)24)28-20-6-4-3-5-19(20)27-2/h3-13,22H,1-2H3,(H,23,24). The number of aromatic carboxylic acids is 1. The van der Waals surface area contributed by atoms with Crippen LogP contribution in [0.25, 0.3) is 0 Å². The lowest BCUT2D eigenvalue weighted by molar-refractivity contribution is 0.0697. The van der Waals surface area contributed by atoms with Crippen LogP contribution in [0.5, 0.6) is 17.2 Å². The highest BCUT2D eigenvalue weighted by Gasteiger charge is 2.19. The molecule has 0 aromatic heterocycles. The van der Waals surface area contributed by atoms with Crippen LogP contribution in [-0.2, 0) is 10.0 Å². The summed E-state index contributed by atoms with van der Waals surface area (Å²) in [6.45, 7) is 1.84. The monoisotopic (exact) mass is 413 g/mol. The molecule has 7 nitrogen and oxygen atoms in total. The summed E-state index contributed by atoms with van der Waals surface area (Å²) in [4.78, 5) is 11.7. The molecule has 0 bridgehead atoms. The average Bonchev–Trinajstić information content (AvgIpc) is 2.69. The number of hydrogen-bond acceptors (Lipinski definition) is 5. The summed E-state index contributed by atoms with van der Waals surface area (Å²) in [5, 5.41) is 9.55. The molecule has 0 aliphatic heterocycles. The zero-order chi connectivity index (χ0) is 21.0. The smallest absolute Gasteiger partial charge is 0.337 e. The van der Waals surface area contributed by atoms with E-state index in [1.807, 2.05) is 6.92 Å². The lowest BCUT2D eigenvalue weighted by Gasteiger charge is -2.14. The van der Waals surface area contributed by atoms with Crippen LogP contribution < -0.4 is 14.2 Å². The number of ether oxygens (including phenoxy) is 2. The summed E-state index contributed by atoms with van der Waals surface area (Å²) in [6.07, 6.45) is 0. The number of sulfonamides is 1. The minimum absolute atomic E-state index is 0.0359. The zero-order valence-electron chi connectivity index (χ0n) is 15.7. The summed E-state index contributed by atoms with van der Waals surface area (Å²) < 4.78 is 38.4. The molecule has 8 heteroatoms. The van der Waals surface area contributed by atoms with Crippen LogP contribution in [0.1, 0.15) is 15.9 Å². The number of nitrogens with one attached hydrogen (secondary N) is 1. The molecule has 0 unspecified atom stereocenters. The largest absolute Gasteiger partial charge is 0.493 e. The number of carbonyl (C=O) groups is 1. The van der Waals surface area contributed by atoms with E-state index in [0.717, 1.165) is 5.56 Å². The van der Waals surface area contributed by atoms with Crippen LogP contribution in [0, 0.1) is 6.92 Å². The number of carboxylic acid groups (broad SMARTS) is 1. The third-order valence-electron chi connectivity index (χ3n) is 4.09. The Hall–Kier alpha value is -3.52. The Kier molecular flexibility index (Phi) is 5.74. The highest BCUT2D eigenvalue weighted by molar-refractivity contribution is 7.92. The van der Waals surface area contributed by atoms with Crippen molar-refractivity contribution in [2.75, 3.05) is 11.8 Å². The first-order chi connectivity index (χ1) is 13.8. The molecule has 0 aliphatic carbocycles. The van der Waals surface area contributed by atoms with E-state index in [-0.39, 0.29) is 21.9 Å². The molecule has 0 radical (unpaired) electrons. The lowest BCUT2D eigenvalue weighted by atomic mass is 10.2. The summed E-state index contributed by atoms with van der Waals surface area (Å²) in [7, 11) is -2.45. The van der Waals surface area contributed by atoms with Crippen molar-refractivity contribution in [2.24, 2.45) is 0 Å². The maximum absolute atomic E-state index is 12.6.